The number of rotatable bonds is 5. The highest BCUT2D eigenvalue weighted by Crippen LogP contribution is 2.35. The summed E-state index contributed by atoms with van der Waals surface area (Å²) >= 11 is 0. The van der Waals surface area contributed by atoms with Gasteiger partial charge < -0.3 is 10.6 Å². The van der Waals surface area contributed by atoms with Crippen molar-refractivity contribution in [1.29, 1.82) is 0 Å². The van der Waals surface area contributed by atoms with Gasteiger partial charge in [-0.2, -0.15) is 0 Å². The van der Waals surface area contributed by atoms with E-state index in [0.29, 0.717) is 22.5 Å². The smallest absolute Gasteiger partial charge is 0.282 e. The lowest BCUT2D eigenvalue weighted by Gasteiger charge is -2.17. The van der Waals surface area contributed by atoms with Crippen molar-refractivity contribution < 1.29 is 14.4 Å². The number of imide groups is 1. The van der Waals surface area contributed by atoms with E-state index < -0.39 is 11.8 Å². The topological polar surface area (TPSA) is 78.5 Å². The molecule has 2 N–H and O–H groups in total. The van der Waals surface area contributed by atoms with E-state index >= 15 is 0 Å². The molecule has 0 aromatic heterocycles. The first-order valence-corrected chi connectivity index (χ1v) is 11.1. The van der Waals surface area contributed by atoms with Crippen LogP contribution in [0.2, 0.25) is 0 Å². The summed E-state index contributed by atoms with van der Waals surface area (Å²) in [6.07, 6.45) is 0. The highest BCUT2D eigenvalue weighted by Gasteiger charge is 2.40. The maximum Gasteiger partial charge on any atom is 0.282 e. The van der Waals surface area contributed by atoms with Crippen molar-refractivity contribution in [2.75, 3.05) is 15.5 Å². The number of carbonyl (C=O) groups excluding carboxylic acids is 3. The number of hydrogen-bond acceptors (Lipinski definition) is 4. The molecule has 4 rings (SSSR count). The summed E-state index contributed by atoms with van der Waals surface area (Å²) in [6.45, 7) is 9.30. The Labute approximate surface area is 199 Å². The lowest BCUT2D eigenvalue weighted by molar-refractivity contribution is -0.120. The van der Waals surface area contributed by atoms with Crippen LogP contribution < -0.4 is 15.5 Å². The second kappa shape index (κ2) is 8.98. The van der Waals surface area contributed by atoms with Gasteiger partial charge in [0, 0.05) is 18.3 Å². The fourth-order valence-corrected chi connectivity index (χ4v) is 3.94. The predicted molar refractivity (Wildman–Crippen MR) is 136 cm³/mol. The monoisotopic (exact) mass is 453 g/mol. The Morgan fingerprint density at radius 2 is 1.44 bits per heavy atom. The number of amides is 3. The van der Waals surface area contributed by atoms with E-state index in [1.54, 1.807) is 30.3 Å². The molecule has 0 fully saturated rings. The Balaban J connectivity index is 1.82. The number of nitrogens with zero attached hydrogens (tertiary/aromatic N) is 1. The summed E-state index contributed by atoms with van der Waals surface area (Å²) in [5.41, 5.74) is 7.10. The molecule has 0 atom stereocenters. The fraction of sp³-hybridized carbons (Fsp3) is 0.179. The van der Waals surface area contributed by atoms with Crippen molar-refractivity contribution in [1.82, 2.24) is 0 Å². The molecule has 0 saturated carbocycles. The zero-order valence-corrected chi connectivity index (χ0v) is 19.9. The Morgan fingerprint density at radius 1 is 0.765 bits per heavy atom. The molecule has 0 bridgehead atoms. The fourth-order valence-electron chi connectivity index (χ4n) is 3.94. The van der Waals surface area contributed by atoms with Crippen LogP contribution in [0.3, 0.4) is 0 Å². The molecule has 34 heavy (non-hydrogen) atoms. The second-order valence-electron chi connectivity index (χ2n) is 8.67. The quantitative estimate of drug-likeness (QED) is 0.516. The molecular formula is C28H27N3O3. The van der Waals surface area contributed by atoms with Crippen molar-refractivity contribution in [2.45, 2.75) is 34.6 Å². The number of aryl methyl sites for hydroxylation is 4. The van der Waals surface area contributed by atoms with Crippen LogP contribution in [0.5, 0.6) is 0 Å². The molecule has 6 nitrogen and oxygen atoms in total. The van der Waals surface area contributed by atoms with Gasteiger partial charge in [-0.05, 0) is 85.8 Å². The molecule has 3 amide bonds. The highest BCUT2D eigenvalue weighted by atomic mass is 16.2. The lowest BCUT2D eigenvalue weighted by atomic mass is 10.0. The Morgan fingerprint density at radius 3 is 2.09 bits per heavy atom. The summed E-state index contributed by atoms with van der Waals surface area (Å²) in [4.78, 5) is 39.9. The first-order chi connectivity index (χ1) is 16.2. The first-order valence-electron chi connectivity index (χ1n) is 11.1. The summed E-state index contributed by atoms with van der Waals surface area (Å²) in [7, 11) is 0. The van der Waals surface area contributed by atoms with Gasteiger partial charge in [0.25, 0.3) is 11.8 Å². The summed E-state index contributed by atoms with van der Waals surface area (Å²) < 4.78 is 0. The van der Waals surface area contributed by atoms with Crippen LogP contribution in [0, 0.1) is 27.7 Å². The third-order valence-electron chi connectivity index (χ3n) is 5.98. The number of carbonyl (C=O) groups is 3. The van der Waals surface area contributed by atoms with Crippen molar-refractivity contribution >= 4 is 40.4 Å². The van der Waals surface area contributed by atoms with E-state index in [1.165, 1.54) is 11.8 Å². The van der Waals surface area contributed by atoms with Crippen LogP contribution in [0.15, 0.2) is 66.4 Å². The second-order valence-corrected chi connectivity index (χ2v) is 8.67. The van der Waals surface area contributed by atoms with Crippen LogP contribution in [-0.2, 0) is 14.4 Å². The molecule has 3 aromatic carbocycles. The van der Waals surface area contributed by atoms with Crippen LogP contribution in [0.1, 0.15) is 34.7 Å². The summed E-state index contributed by atoms with van der Waals surface area (Å²) in [5, 5.41) is 5.97. The molecule has 0 aliphatic carbocycles. The average Bonchev–Trinajstić information content (AvgIpc) is 3.02. The number of nitrogens with one attached hydrogen (secondary N) is 2. The lowest BCUT2D eigenvalue weighted by Crippen LogP contribution is -2.32. The molecule has 3 aromatic rings. The van der Waals surface area contributed by atoms with Crippen LogP contribution >= 0.6 is 0 Å². The van der Waals surface area contributed by atoms with E-state index in [-0.39, 0.29) is 11.6 Å². The van der Waals surface area contributed by atoms with Gasteiger partial charge in [-0.3, -0.25) is 14.4 Å². The molecule has 172 valence electrons. The minimum Gasteiger partial charge on any atom is -0.350 e. The van der Waals surface area contributed by atoms with E-state index in [4.69, 9.17) is 0 Å². The largest absolute Gasteiger partial charge is 0.350 e. The summed E-state index contributed by atoms with van der Waals surface area (Å²) in [5.74, 6) is -0.985. The average molecular weight is 454 g/mol. The van der Waals surface area contributed by atoms with E-state index in [0.717, 1.165) is 27.9 Å². The highest BCUT2D eigenvalue weighted by molar-refractivity contribution is 6.46. The van der Waals surface area contributed by atoms with Crippen molar-refractivity contribution in [2.24, 2.45) is 0 Å². The van der Waals surface area contributed by atoms with Crippen LogP contribution in [-0.4, -0.2) is 17.7 Å². The third kappa shape index (κ3) is 4.35. The van der Waals surface area contributed by atoms with Gasteiger partial charge in [-0.15, -0.1) is 0 Å². The van der Waals surface area contributed by atoms with Gasteiger partial charge in [0.15, 0.2) is 0 Å². The molecule has 0 radical (unpaired) electrons. The van der Waals surface area contributed by atoms with E-state index in [1.807, 2.05) is 58.0 Å². The summed E-state index contributed by atoms with van der Waals surface area (Å²) in [6, 6.07) is 18.4. The normalized spacial score (nSPS) is 13.5. The maximum atomic E-state index is 13.7. The minimum absolute atomic E-state index is 0.183. The van der Waals surface area contributed by atoms with Crippen LogP contribution in [0.4, 0.5) is 17.1 Å². The molecule has 1 heterocycles. The van der Waals surface area contributed by atoms with Gasteiger partial charge in [-0.1, -0.05) is 30.3 Å². The third-order valence-corrected chi connectivity index (χ3v) is 5.98. The van der Waals surface area contributed by atoms with E-state index in [9.17, 15) is 14.4 Å². The SMILES string of the molecule is CC(=O)Nc1ccc(C2=C(Nc3cc(C)ccc3C)C(=O)N(c3ccc(C)c(C)c3)C2=O)cc1. The zero-order valence-electron chi connectivity index (χ0n) is 19.9. The molecule has 0 unspecified atom stereocenters. The number of benzene rings is 3. The molecular weight excluding hydrogens is 426 g/mol. The Bertz CT molecular complexity index is 1350. The van der Waals surface area contributed by atoms with Gasteiger partial charge in [0.05, 0.1) is 11.3 Å². The first kappa shape index (κ1) is 23.0. The van der Waals surface area contributed by atoms with Gasteiger partial charge in [-0.25, -0.2) is 4.90 Å². The maximum absolute atomic E-state index is 13.7. The number of hydrogen-bond donors (Lipinski definition) is 2. The van der Waals surface area contributed by atoms with Gasteiger partial charge in [0.1, 0.15) is 5.70 Å². The Kier molecular flexibility index (Phi) is 6.07. The molecule has 1 aliphatic heterocycles. The van der Waals surface area contributed by atoms with Crippen LogP contribution in [0.25, 0.3) is 5.57 Å². The van der Waals surface area contributed by atoms with Gasteiger partial charge >= 0.3 is 0 Å². The van der Waals surface area contributed by atoms with Crippen molar-refractivity contribution in [3.8, 4) is 0 Å². The predicted octanol–water partition coefficient (Wildman–Crippen LogP) is 5.28. The molecule has 6 heteroatoms. The molecule has 1 aliphatic rings. The van der Waals surface area contributed by atoms with E-state index in [2.05, 4.69) is 10.6 Å². The van der Waals surface area contributed by atoms with Crippen molar-refractivity contribution in [3.05, 3.63) is 94.2 Å². The minimum atomic E-state index is -0.407. The molecule has 0 saturated heterocycles. The zero-order chi connectivity index (χ0) is 24.6. The van der Waals surface area contributed by atoms with Crippen molar-refractivity contribution in [3.63, 3.8) is 0 Å². The Hall–Kier alpha value is -4.19. The standard InChI is InChI=1S/C28H27N3O3/c1-16-6-7-18(3)24(14-16)30-26-25(21-9-11-22(12-10-21)29-20(5)32)27(33)31(28(26)34)23-13-8-17(2)19(4)15-23/h6-15,30H,1-5H3,(H,29,32). The van der Waals surface area contributed by atoms with Gasteiger partial charge in [0.2, 0.25) is 5.91 Å². The number of anilines is 3. The molecule has 0 spiro atoms.